The van der Waals surface area contributed by atoms with Crippen molar-refractivity contribution in [2.45, 2.75) is 65.2 Å². The Hall–Kier alpha value is -1.20. The van der Waals surface area contributed by atoms with Crippen LogP contribution in [0.2, 0.25) is 0 Å². The quantitative estimate of drug-likeness (QED) is 0.504. The molecular formula is C17H22F6. The predicted octanol–water partition coefficient (Wildman–Crippen LogP) is 7.04. The highest BCUT2D eigenvalue weighted by atomic mass is 19.4. The lowest BCUT2D eigenvalue weighted by molar-refractivity contribution is -0.143. The molecular weight excluding hydrogens is 318 g/mol. The number of rotatable bonds is 5. The first kappa shape index (κ1) is 19.8. The third-order valence-corrected chi connectivity index (χ3v) is 4.88. The zero-order valence-corrected chi connectivity index (χ0v) is 13.7. The molecule has 0 aliphatic rings. The van der Waals surface area contributed by atoms with Gasteiger partial charge in [-0.05, 0) is 41.5 Å². The van der Waals surface area contributed by atoms with E-state index in [0.29, 0.717) is 19.3 Å². The molecule has 1 rings (SSSR count). The van der Waals surface area contributed by atoms with E-state index in [1.807, 2.05) is 20.8 Å². The van der Waals surface area contributed by atoms with Crippen molar-refractivity contribution in [1.29, 1.82) is 0 Å². The topological polar surface area (TPSA) is 0 Å². The maximum Gasteiger partial charge on any atom is 0.416 e. The smallest absolute Gasteiger partial charge is 0.166 e. The first-order valence-electron chi connectivity index (χ1n) is 7.68. The fourth-order valence-corrected chi connectivity index (χ4v) is 3.05. The van der Waals surface area contributed by atoms with Crippen molar-refractivity contribution in [1.82, 2.24) is 0 Å². The Bertz CT molecular complexity index is 491. The summed E-state index contributed by atoms with van der Waals surface area (Å²) in [6.45, 7) is 7.52. The average molecular weight is 340 g/mol. The predicted molar refractivity (Wildman–Crippen MR) is 78.2 cm³/mol. The van der Waals surface area contributed by atoms with E-state index in [1.54, 1.807) is 6.92 Å². The van der Waals surface area contributed by atoms with Crippen LogP contribution in [-0.4, -0.2) is 0 Å². The summed E-state index contributed by atoms with van der Waals surface area (Å²) in [5, 5.41) is 0. The van der Waals surface area contributed by atoms with Crippen LogP contribution in [-0.2, 0) is 12.4 Å². The molecule has 0 bridgehead atoms. The Morgan fingerprint density at radius 3 is 1.43 bits per heavy atom. The van der Waals surface area contributed by atoms with Gasteiger partial charge in [-0.15, -0.1) is 0 Å². The van der Waals surface area contributed by atoms with Crippen LogP contribution in [0.25, 0.3) is 0 Å². The van der Waals surface area contributed by atoms with Crippen LogP contribution in [0.4, 0.5) is 26.3 Å². The fraction of sp³-hybridized carbons (Fsp3) is 0.647. The Kier molecular flexibility index (Phi) is 5.81. The standard InChI is InChI=1S/C17H22F6/c1-5-14(15(4,6-2)7-3)11-8-12(16(18,19)20)10-13(9-11)17(21,22)23/h8-10,14H,5-7H2,1-4H3. The first-order valence-corrected chi connectivity index (χ1v) is 7.68. The molecule has 0 radical (unpaired) electrons. The summed E-state index contributed by atoms with van der Waals surface area (Å²) in [6, 6.07) is 1.92. The molecule has 23 heavy (non-hydrogen) atoms. The molecule has 6 heteroatoms. The van der Waals surface area contributed by atoms with Crippen molar-refractivity contribution >= 4 is 0 Å². The van der Waals surface area contributed by atoms with Gasteiger partial charge in [0.2, 0.25) is 0 Å². The molecule has 0 N–H and O–H groups in total. The van der Waals surface area contributed by atoms with Crippen LogP contribution < -0.4 is 0 Å². The Labute approximate surface area is 132 Å². The van der Waals surface area contributed by atoms with Crippen molar-refractivity contribution in [2.24, 2.45) is 5.41 Å². The van der Waals surface area contributed by atoms with Crippen LogP contribution in [0.3, 0.4) is 0 Å². The SMILES string of the molecule is CCC(c1cc(C(F)(F)F)cc(C(F)(F)F)c1)C(C)(CC)CC. The largest absolute Gasteiger partial charge is 0.416 e. The number of hydrogen-bond donors (Lipinski definition) is 0. The summed E-state index contributed by atoms with van der Waals surface area (Å²) in [4.78, 5) is 0. The van der Waals surface area contributed by atoms with E-state index in [-0.39, 0.29) is 23.0 Å². The van der Waals surface area contributed by atoms with Gasteiger partial charge in [-0.2, -0.15) is 26.3 Å². The number of alkyl halides is 6. The van der Waals surface area contributed by atoms with Gasteiger partial charge in [0.1, 0.15) is 0 Å². The molecule has 1 unspecified atom stereocenters. The second kappa shape index (κ2) is 6.73. The number of halogens is 6. The summed E-state index contributed by atoms with van der Waals surface area (Å²) in [5.74, 6) is -0.360. The van der Waals surface area contributed by atoms with Crippen LogP contribution in [0.5, 0.6) is 0 Å². The second-order valence-corrected chi connectivity index (χ2v) is 6.16. The van der Waals surface area contributed by atoms with Crippen molar-refractivity contribution < 1.29 is 26.3 Å². The summed E-state index contributed by atoms with van der Waals surface area (Å²) in [7, 11) is 0. The zero-order chi connectivity index (χ0) is 18.1. The number of hydrogen-bond acceptors (Lipinski definition) is 0. The summed E-state index contributed by atoms with van der Waals surface area (Å²) in [5.41, 5.74) is -2.71. The maximum absolute atomic E-state index is 13.0. The van der Waals surface area contributed by atoms with E-state index in [1.165, 1.54) is 0 Å². The van der Waals surface area contributed by atoms with Gasteiger partial charge in [0.05, 0.1) is 11.1 Å². The molecule has 1 aromatic carbocycles. The van der Waals surface area contributed by atoms with Gasteiger partial charge in [0.15, 0.2) is 0 Å². The lowest BCUT2D eigenvalue weighted by Gasteiger charge is -2.37. The first-order chi connectivity index (χ1) is 10.4. The van der Waals surface area contributed by atoms with Gasteiger partial charge in [0, 0.05) is 0 Å². The average Bonchev–Trinajstić information content (AvgIpc) is 2.45. The molecule has 1 atom stereocenters. The van der Waals surface area contributed by atoms with Gasteiger partial charge in [-0.25, -0.2) is 0 Å². The maximum atomic E-state index is 13.0. The minimum Gasteiger partial charge on any atom is -0.166 e. The summed E-state index contributed by atoms with van der Waals surface area (Å²) in [6.07, 6.45) is -7.76. The van der Waals surface area contributed by atoms with E-state index in [9.17, 15) is 26.3 Å². The summed E-state index contributed by atoms with van der Waals surface area (Å²) < 4.78 is 78.0. The van der Waals surface area contributed by atoms with Crippen LogP contribution in [0.1, 0.15) is 69.6 Å². The minimum atomic E-state index is -4.80. The Balaban J connectivity index is 3.56. The fourth-order valence-electron chi connectivity index (χ4n) is 3.05. The van der Waals surface area contributed by atoms with Gasteiger partial charge < -0.3 is 0 Å². The van der Waals surface area contributed by atoms with Crippen molar-refractivity contribution in [3.8, 4) is 0 Å². The monoisotopic (exact) mass is 340 g/mol. The van der Waals surface area contributed by atoms with Gasteiger partial charge in [-0.1, -0.05) is 40.5 Å². The molecule has 0 saturated carbocycles. The highest BCUT2D eigenvalue weighted by Crippen LogP contribution is 2.46. The molecule has 0 aromatic heterocycles. The third-order valence-electron chi connectivity index (χ3n) is 4.88. The lowest BCUT2D eigenvalue weighted by Crippen LogP contribution is -2.25. The molecule has 0 nitrogen and oxygen atoms in total. The van der Waals surface area contributed by atoms with E-state index in [2.05, 4.69) is 0 Å². The zero-order valence-electron chi connectivity index (χ0n) is 13.7. The van der Waals surface area contributed by atoms with Gasteiger partial charge >= 0.3 is 12.4 Å². The Morgan fingerprint density at radius 1 is 0.783 bits per heavy atom. The molecule has 1 aromatic rings. The molecule has 0 fully saturated rings. The van der Waals surface area contributed by atoms with Gasteiger partial charge in [-0.3, -0.25) is 0 Å². The van der Waals surface area contributed by atoms with Crippen molar-refractivity contribution in [3.05, 3.63) is 34.9 Å². The van der Waals surface area contributed by atoms with E-state index in [0.717, 1.165) is 12.1 Å². The highest BCUT2D eigenvalue weighted by molar-refractivity contribution is 5.36. The lowest BCUT2D eigenvalue weighted by atomic mass is 9.68. The molecule has 0 amide bonds. The minimum absolute atomic E-state index is 0.112. The molecule has 0 heterocycles. The normalized spacial score (nSPS) is 14.9. The van der Waals surface area contributed by atoms with Gasteiger partial charge in [0.25, 0.3) is 0 Å². The van der Waals surface area contributed by atoms with Crippen molar-refractivity contribution in [3.63, 3.8) is 0 Å². The third kappa shape index (κ3) is 4.42. The van der Waals surface area contributed by atoms with Crippen molar-refractivity contribution in [2.75, 3.05) is 0 Å². The summed E-state index contributed by atoms with van der Waals surface area (Å²) >= 11 is 0. The van der Waals surface area contributed by atoms with E-state index >= 15 is 0 Å². The molecule has 0 aliphatic heterocycles. The second-order valence-electron chi connectivity index (χ2n) is 6.16. The highest BCUT2D eigenvalue weighted by Gasteiger charge is 2.39. The molecule has 0 aliphatic carbocycles. The molecule has 0 spiro atoms. The van der Waals surface area contributed by atoms with Crippen LogP contribution >= 0.6 is 0 Å². The molecule has 0 saturated heterocycles. The van der Waals surface area contributed by atoms with E-state index in [4.69, 9.17) is 0 Å². The van der Waals surface area contributed by atoms with Crippen LogP contribution in [0, 0.1) is 5.41 Å². The number of benzene rings is 1. The van der Waals surface area contributed by atoms with Crippen LogP contribution in [0.15, 0.2) is 18.2 Å². The molecule has 132 valence electrons. The van der Waals surface area contributed by atoms with E-state index < -0.39 is 23.5 Å². The Morgan fingerprint density at radius 2 is 1.17 bits per heavy atom.